The number of carbonyl (C=O) groups is 2. The minimum atomic E-state index is -1.17. The van der Waals surface area contributed by atoms with Crippen molar-refractivity contribution in [3.8, 4) is 0 Å². The van der Waals surface area contributed by atoms with E-state index in [2.05, 4.69) is 10.0 Å². The lowest BCUT2D eigenvalue weighted by Gasteiger charge is -2.17. The highest BCUT2D eigenvalue weighted by atomic mass is 19.1. The summed E-state index contributed by atoms with van der Waals surface area (Å²) in [5.74, 6) is -2.20. The Balaban J connectivity index is 1.95. The van der Waals surface area contributed by atoms with Crippen LogP contribution < -0.4 is 5.43 Å². The van der Waals surface area contributed by atoms with Crippen LogP contribution in [0, 0.1) is 5.82 Å². The average molecular weight is 384 g/mol. The van der Waals surface area contributed by atoms with Crippen LogP contribution in [0.3, 0.4) is 0 Å². The van der Waals surface area contributed by atoms with Crippen LogP contribution in [0.2, 0.25) is 0 Å². The van der Waals surface area contributed by atoms with E-state index in [4.69, 9.17) is 10.3 Å². The molecule has 1 aromatic carbocycles. The molecule has 0 bridgehead atoms. The van der Waals surface area contributed by atoms with Crippen molar-refractivity contribution in [2.24, 2.45) is 5.11 Å². The Morgan fingerprint density at radius 3 is 2.68 bits per heavy atom. The molecule has 1 heterocycles. The van der Waals surface area contributed by atoms with Crippen LogP contribution >= 0.6 is 0 Å². The predicted molar refractivity (Wildman–Crippen MR) is 97.5 cm³/mol. The second kappa shape index (κ2) is 6.45. The number of fused-ring (bicyclic) bond motifs is 1. The molecule has 2 saturated carbocycles. The van der Waals surface area contributed by atoms with Gasteiger partial charge in [-0.05, 0) is 55.4 Å². The van der Waals surface area contributed by atoms with E-state index in [-0.39, 0.29) is 29.2 Å². The molecule has 28 heavy (non-hydrogen) atoms. The Bertz CT molecular complexity index is 1120. The molecule has 2 aliphatic carbocycles. The average Bonchev–Trinajstić information content (AvgIpc) is 3.55. The first kappa shape index (κ1) is 18.2. The maximum Gasteiger partial charge on any atom is 0.343 e. The molecule has 0 atom stereocenters. The summed E-state index contributed by atoms with van der Waals surface area (Å²) in [5.41, 5.74) is 7.21. The number of halogens is 1. The van der Waals surface area contributed by atoms with Gasteiger partial charge in [-0.3, -0.25) is 9.59 Å². The van der Waals surface area contributed by atoms with E-state index in [1.54, 1.807) is 11.5 Å². The number of nitrogens with zero attached hydrogens (tertiary/aromatic N) is 4. The van der Waals surface area contributed by atoms with Gasteiger partial charge in [0.05, 0.1) is 17.5 Å². The topological polar surface area (TPSA) is 114 Å². The first-order valence-electron chi connectivity index (χ1n) is 9.08. The molecule has 1 aromatic heterocycles. The van der Waals surface area contributed by atoms with Crippen molar-refractivity contribution in [2.75, 3.05) is 6.61 Å². The SMILES string of the molecule is CCOC(=O)c1cn(C2CC2)c2cc(C3(C(=O)N=[N+]=[N-])CC3)c(F)cc2c1=O. The van der Waals surface area contributed by atoms with E-state index in [0.29, 0.717) is 18.4 Å². The molecule has 0 radical (unpaired) electrons. The number of esters is 1. The third-order valence-electron chi connectivity index (χ3n) is 5.37. The van der Waals surface area contributed by atoms with Crippen molar-refractivity contribution in [2.45, 2.75) is 44.1 Å². The summed E-state index contributed by atoms with van der Waals surface area (Å²) < 4.78 is 21.6. The van der Waals surface area contributed by atoms with Gasteiger partial charge in [0.1, 0.15) is 11.4 Å². The molecular formula is C19H17FN4O4. The predicted octanol–water partition coefficient (Wildman–Crippen LogP) is 3.52. The van der Waals surface area contributed by atoms with E-state index < -0.39 is 28.5 Å². The zero-order valence-electron chi connectivity index (χ0n) is 15.1. The first-order valence-corrected chi connectivity index (χ1v) is 9.08. The van der Waals surface area contributed by atoms with Crippen LogP contribution in [0.4, 0.5) is 4.39 Å². The summed E-state index contributed by atoms with van der Waals surface area (Å²) in [6.45, 7) is 1.76. The summed E-state index contributed by atoms with van der Waals surface area (Å²) in [6, 6.07) is 2.65. The summed E-state index contributed by atoms with van der Waals surface area (Å²) in [7, 11) is 0. The summed E-state index contributed by atoms with van der Waals surface area (Å²) >= 11 is 0. The van der Waals surface area contributed by atoms with E-state index in [0.717, 1.165) is 18.9 Å². The summed E-state index contributed by atoms with van der Waals surface area (Å²) in [4.78, 5) is 39.7. The Labute approximate surface area is 158 Å². The molecule has 2 aliphatic rings. The van der Waals surface area contributed by atoms with Gasteiger partial charge in [-0.15, -0.1) is 0 Å². The third kappa shape index (κ3) is 2.75. The van der Waals surface area contributed by atoms with E-state index in [1.165, 1.54) is 12.3 Å². The minimum absolute atomic E-state index is 0.0609. The lowest BCUT2D eigenvalue weighted by molar-refractivity contribution is -0.120. The van der Waals surface area contributed by atoms with Crippen molar-refractivity contribution in [1.82, 2.24) is 4.57 Å². The monoisotopic (exact) mass is 384 g/mol. The molecule has 0 unspecified atom stereocenters. The number of ether oxygens (including phenoxy) is 1. The fraction of sp³-hybridized carbons (Fsp3) is 0.421. The van der Waals surface area contributed by atoms with Crippen LogP contribution in [-0.2, 0) is 14.9 Å². The van der Waals surface area contributed by atoms with Crippen molar-refractivity contribution < 1.29 is 18.7 Å². The zero-order valence-corrected chi connectivity index (χ0v) is 15.1. The lowest BCUT2D eigenvalue weighted by Crippen LogP contribution is -2.23. The zero-order chi connectivity index (χ0) is 20.1. The number of rotatable bonds is 5. The second-order valence-corrected chi connectivity index (χ2v) is 7.16. The molecule has 8 nitrogen and oxygen atoms in total. The fourth-order valence-corrected chi connectivity index (χ4v) is 3.61. The van der Waals surface area contributed by atoms with E-state index in [1.807, 2.05) is 0 Å². The number of amides is 1. The van der Waals surface area contributed by atoms with Crippen LogP contribution in [0.5, 0.6) is 0 Å². The van der Waals surface area contributed by atoms with Gasteiger partial charge in [0.25, 0.3) is 0 Å². The van der Waals surface area contributed by atoms with Gasteiger partial charge < -0.3 is 9.30 Å². The quantitative estimate of drug-likeness (QED) is 0.339. The Morgan fingerprint density at radius 1 is 1.39 bits per heavy atom. The summed E-state index contributed by atoms with van der Waals surface area (Å²) in [6.07, 6.45) is 3.95. The number of carbonyl (C=O) groups excluding carboxylic acids is 2. The molecule has 0 N–H and O–H groups in total. The smallest absolute Gasteiger partial charge is 0.343 e. The minimum Gasteiger partial charge on any atom is -0.462 e. The van der Waals surface area contributed by atoms with Gasteiger partial charge in [0.2, 0.25) is 11.3 Å². The molecule has 0 saturated heterocycles. The maximum absolute atomic E-state index is 14.9. The largest absolute Gasteiger partial charge is 0.462 e. The number of hydrogen-bond donors (Lipinski definition) is 0. The number of hydrogen-bond acceptors (Lipinski definition) is 4. The highest BCUT2D eigenvalue weighted by Gasteiger charge is 2.52. The van der Waals surface area contributed by atoms with Crippen molar-refractivity contribution in [1.29, 1.82) is 0 Å². The molecule has 1 amide bonds. The lowest BCUT2D eigenvalue weighted by atomic mass is 9.93. The van der Waals surface area contributed by atoms with Crippen LogP contribution in [0.25, 0.3) is 21.3 Å². The normalized spacial score (nSPS) is 17.1. The molecule has 0 spiro atoms. The molecule has 144 valence electrons. The molecule has 2 fully saturated rings. The number of azide groups is 1. The molecular weight excluding hydrogens is 367 g/mol. The van der Waals surface area contributed by atoms with Crippen molar-refractivity contribution in [3.05, 3.63) is 55.9 Å². The Morgan fingerprint density at radius 2 is 2.11 bits per heavy atom. The third-order valence-corrected chi connectivity index (χ3v) is 5.37. The summed E-state index contributed by atoms with van der Waals surface area (Å²) in [5, 5.41) is 3.21. The second-order valence-electron chi connectivity index (χ2n) is 7.16. The van der Waals surface area contributed by atoms with E-state index in [9.17, 15) is 18.8 Å². The maximum atomic E-state index is 14.9. The standard InChI is InChI=1S/C19H17FN4O4/c1-2-28-17(26)12-9-24(10-3-4-10)15-8-13(14(20)7-11(15)16(12)25)19(5-6-19)18(27)22-23-21/h7-10H,2-6H2,1H3. The number of benzene rings is 1. The Hall–Kier alpha value is -3.19. The fourth-order valence-electron chi connectivity index (χ4n) is 3.61. The molecule has 9 heteroatoms. The highest BCUT2D eigenvalue weighted by Crippen LogP contribution is 2.51. The van der Waals surface area contributed by atoms with E-state index >= 15 is 0 Å². The molecule has 0 aliphatic heterocycles. The Kier molecular flexibility index (Phi) is 4.19. The van der Waals surface area contributed by atoms with Gasteiger partial charge in [0.15, 0.2) is 0 Å². The van der Waals surface area contributed by atoms with Gasteiger partial charge in [-0.1, -0.05) is 0 Å². The van der Waals surface area contributed by atoms with Gasteiger partial charge >= 0.3 is 5.97 Å². The first-order chi connectivity index (χ1) is 13.4. The van der Waals surface area contributed by atoms with Crippen molar-refractivity contribution in [3.63, 3.8) is 0 Å². The molecule has 2 aromatic rings. The highest BCUT2D eigenvalue weighted by molar-refractivity contribution is 5.96. The van der Waals surface area contributed by atoms with Crippen LogP contribution in [0.15, 0.2) is 28.2 Å². The van der Waals surface area contributed by atoms with Gasteiger partial charge in [-0.25, -0.2) is 9.18 Å². The number of pyridine rings is 1. The molecule has 4 rings (SSSR count). The van der Waals surface area contributed by atoms with Crippen LogP contribution in [0.1, 0.15) is 54.6 Å². The van der Waals surface area contributed by atoms with Gasteiger partial charge in [-0.2, -0.15) is 0 Å². The van der Waals surface area contributed by atoms with Crippen LogP contribution in [-0.4, -0.2) is 23.1 Å². The van der Waals surface area contributed by atoms with Gasteiger partial charge in [0, 0.05) is 28.1 Å². The number of aromatic nitrogens is 1. The van der Waals surface area contributed by atoms with Crippen molar-refractivity contribution >= 4 is 22.8 Å².